The first-order valence-electron chi connectivity index (χ1n) is 6.96. The van der Waals surface area contributed by atoms with Gasteiger partial charge < -0.3 is 9.80 Å². The van der Waals surface area contributed by atoms with Crippen molar-refractivity contribution in [3.05, 3.63) is 29.7 Å². The third-order valence-corrected chi connectivity index (χ3v) is 3.88. The van der Waals surface area contributed by atoms with Crippen molar-refractivity contribution in [3.63, 3.8) is 0 Å². The fourth-order valence-electron chi connectivity index (χ4n) is 2.52. The molecule has 2 aromatic rings. The second-order valence-electron chi connectivity index (χ2n) is 5.32. The van der Waals surface area contributed by atoms with Crippen LogP contribution in [0.4, 0.5) is 0 Å². The van der Waals surface area contributed by atoms with Gasteiger partial charge in [0.2, 0.25) is 0 Å². The molecule has 0 bridgehead atoms. The lowest BCUT2D eigenvalue weighted by molar-refractivity contribution is 0.112. The van der Waals surface area contributed by atoms with E-state index in [0.29, 0.717) is 5.56 Å². The van der Waals surface area contributed by atoms with Gasteiger partial charge in [-0.25, -0.2) is 0 Å². The van der Waals surface area contributed by atoms with Crippen molar-refractivity contribution >= 4 is 11.9 Å². The molecule has 0 atom stereocenters. The normalized spacial score (nSPS) is 17.6. The molecule has 1 fully saturated rings. The molecule has 1 aliphatic heterocycles. The van der Waals surface area contributed by atoms with Crippen LogP contribution in [0.1, 0.15) is 16.2 Å². The fraction of sp³-hybridized carbons (Fsp3) is 0.500. The Bertz CT molecular complexity index is 601. The SMILES string of the molecule is CN1CCN(CCc2nnc3ccc(C=O)cn23)CC1. The second-order valence-corrected chi connectivity index (χ2v) is 5.32. The molecule has 0 unspecified atom stereocenters. The Morgan fingerprint density at radius 2 is 2.00 bits per heavy atom. The summed E-state index contributed by atoms with van der Waals surface area (Å²) in [5.74, 6) is 0.919. The molecular weight excluding hydrogens is 254 g/mol. The first kappa shape index (κ1) is 13.2. The number of likely N-dealkylation sites (N-methyl/N-ethyl adjacent to an activating group) is 1. The summed E-state index contributed by atoms with van der Waals surface area (Å²) in [5, 5.41) is 8.37. The molecule has 106 valence electrons. The number of fused-ring (bicyclic) bond motifs is 1. The number of aldehydes is 1. The van der Waals surface area contributed by atoms with Crippen LogP contribution in [0.25, 0.3) is 5.65 Å². The number of nitrogens with zero attached hydrogens (tertiary/aromatic N) is 5. The highest BCUT2D eigenvalue weighted by Crippen LogP contribution is 2.08. The maximum atomic E-state index is 10.9. The van der Waals surface area contributed by atoms with Gasteiger partial charge in [0, 0.05) is 50.9 Å². The lowest BCUT2D eigenvalue weighted by atomic mass is 10.3. The van der Waals surface area contributed by atoms with Gasteiger partial charge in [0.25, 0.3) is 0 Å². The smallest absolute Gasteiger partial charge is 0.160 e. The molecule has 0 amide bonds. The second kappa shape index (κ2) is 5.68. The van der Waals surface area contributed by atoms with Crippen molar-refractivity contribution in [1.29, 1.82) is 0 Å². The van der Waals surface area contributed by atoms with E-state index in [4.69, 9.17) is 0 Å². The number of hydrogen-bond acceptors (Lipinski definition) is 5. The molecule has 0 N–H and O–H groups in total. The molecule has 0 aliphatic carbocycles. The summed E-state index contributed by atoms with van der Waals surface area (Å²) in [6.45, 7) is 5.44. The average molecular weight is 273 g/mol. The van der Waals surface area contributed by atoms with Crippen LogP contribution in [0, 0.1) is 0 Å². The highest BCUT2D eigenvalue weighted by Gasteiger charge is 2.14. The minimum Gasteiger partial charge on any atom is -0.304 e. The van der Waals surface area contributed by atoms with Crippen LogP contribution in [-0.4, -0.2) is 70.5 Å². The summed E-state index contributed by atoms with van der Waals surface area (Å²) >= 11 is 0. The first-order chi connectivity index (χ1) is 9.76. The van der Waals surface area contributed by atoms with Crippen molar-refractivity contribution < 1.29 is 4.79 Å². The van der Waals surface area contributed by atoms with Crippen molar-refractivity contribution in [2.24, 2.45) is 0 Å². The van der Waals surface area contributed by atoms with Gasteiger partial charge in [-0.1, -0.05) is 0 Å². The molecule has 3 heterocycles. The van der Waals surface area contributed by atoms with Gasteiger partial charge in [-0.05, 0) is 19.2 Å². The highest BCUT2D eigenvalue weighted by atomic mass is 16.1. The van der Waals surface area contributed by atoms with Crippen molar-refractivity contribution in [3.8, 4) is 0 Å². The van der Waals surface area contributed by atoms with E-state index in [9.17, 15) is 4.79 Å². The summed E-state index contributed by atoms with van der Waals surface area (Å²) in [5.41, 5.74) is 1.45. The summed E-state index contributed by atoms with van der Waals surface area (Å²) < 4.78 is 1.92. The Morgan fingerprint density at radius 1 is 1.20 bits per heavy atom. The molecular formula is C14H19N5O. The number of carbonyl (C=O) groups excluding carboxylic acids is 1. The van der Waals surface area contributed by atoms with Gasteiger partial charge in [0.05, 0.1) is 0 Å². The van der Waals surface area contributed by atoms with Crippen molar-refractivity contribution in [1.82, 2.24) is 24.4 Å². The number of aromatic nitrogens is 3. The van der Waals surface area contributed by atoms with E-state index in [0.717, 1.165) is 56.9 Å². The molecule has 2 aromatic heterocycles. The minimum atomic E-state index is 0.651. The van der Waals surface area contributed by atoms with E-state index < -0.39 is 0 Å². The molecule has 1 aliphatic rings. The van der Waals surface area contributed by atoms with Crippen LogP contribution in [0.2, 0.25) is 0 Å². The molecule has 6 nitrogen and oxygen atoms in total. The Morgan fingerprint density at radius 3 is 2.75 bits per heavy atom. The minimum absolute atomic E-state index is 0.651. The van der Waals surface area contributed by atoms with Crippen LogP contribution in [-0.2, 0) is 6.42 Å². The number of carbonyl (C=O) groups is 1. The predicted octanol–water partition coefficient (Wildman–Crippen LogP) is 0.332. The van der Waals surface area contributed by atoms with E-state index in [2.05, 4.69) is 27.0 Å². The van der Waals surface area contributed by atoms with Crippen LogP contribution in [0.3, 0.4) is 0 Å². The Kier molecular flexibility index (Phi) is 3.75. The summed E-state index contributed by atoms with van der Waals surface area (Å²) in [6.07, 6.45) is 3.51. The lowest BCUT2D eigenvalue weighted by Crippen LogP contribution is -2.45. The van der Waals surface area contributed by atoms with Crippen LogP contribution in [0.15, 0.2) is 18.3 Å². The standard InChI is InChI=1S/C14H19N5O/c1-17-6-8-18(9-7-17)5-4-14-16-15-13-3-2-12(11-20)10-19(13)14/h2-3,10-11H,4-9H2,1H3. The molecule has 3 rings (SSSR count). The fourth-order valence-corrected chi connectivity index (χ4v) is 2.52. The first-order valence-corrected chi connectivity index (χ1v) is 6.96. The molecule has 0 spiro atoms. The number of rotatable bonds is 4. The summed E-state index contributed by atoms with van der Waals surface area (Å²) in [4.78, 5) is 15.6. The highest BCUT2D eigenvalue weighted by molar-refractivity contribution is 5.74. The van der Waals surface area contributed by atoms with E-state index in [1.807, 2.05) is 16.7 Å². The van der Waals surface area contributed by atoms with Crippen LogP contribution < -0.4 is 0 Å². The molecule has 20 heavy (non-hydrogen) atoms. The Hall–Kier alpha value is -1.79. The largest absolute Gasteiger partial charge is 0.304 e. The average Bonchev–Trinajstić information content (AvgIpc) is 2.89. The Balaban J connectivity index is 1.69. The summed E-state index contributed by atoms with van der Waals surface area (Å²) in [6, 6.07) is 3.59. The van der Waals surface area contributed by atoms with Crippen LogP contribution in [0.5, 0.6) is 0 Å². The van der Waals surface area contributed by atoms with Gasteiger partial charge in [0.1, 0.15) is 5.82 Å². The predicted molar refractivity (Wildman–Crippen MR) is 76.0 cm³/mol. The van der Waals surface area contributed by atoms with E-state index in [1.165, 1.54) is 0 Å². The van der Waals surface area contributed by atoms with Crippen molar-refractivity contribution in [2.45, 2.75) is 6.42 Å². The topological polar surface area (TPSA) is 53.7 Å². The quantitative estimate of drug-likeness (QED) is 0.752. The molecule has 0 saturated carbocycles. The molecule has 0 aromatic carbocycles. The van der Waals surface area contributed by atoms with Gasteiger partial charge in [0.15, 0.2) is 11.9 Å². The maximum absolute atomic E-state index is 10.9. The van der Waals surface area contributed by atoms with Gasteiger partial charge in [-0.15, -0.1) is 10.2 Å². The molecule has 0 radical (unpaired) electrons. The Labute approximate surface area is 118 Å². The zero-order chi connectivity index (χ0) is 13.9. The zero-order valence-corrected chi connectivity index (χ0v) is 11.7. The van der Waals surface area contributed by atoms with E-state index >= 15 is 0 Å². The molecule has 1 saturated heterocycles. The number of pyridine rings is 1. The molecule has 6 heteroatoms. The van der Waals surface area contributed by atoms with E-state index in [-0.39, 0.29) is 0 Å². The zero-order valence-electron chi connectivity index (χ0n) is 11.7. The number of hydrogen-bond donors (Lipinski definition) is 0. The van der Waals surface area contributed by atoms with Crippen molar-refractivity contribution in [2.75, 3.05) is 39.8 Å². The van der Waals surface area contributed by atoms with Gasteiger partial charge in [-0.3, -0.25) is 9.20 Å². The third kappa shape index (κ3) is 2.71. The van der Waals surface area contributed by atoms with Crippen LogP contribution >= 0.6 is 0 Å². The van der Waals surface area contributed by atoms with Gasteiger partial charge >= 0.3 is 0 Å². The lowest BCUT2D eigenvalue weighted by Gasteiger charge is -2.32. The number of piperazine rings is 1. The van der Waals surface area contributed by atoms with Gasteiger partial charge in [-0.2, -0.15) is 0 Å². The summed E-state index contributed by atoms with van der Waals surface area (Å²) in [7, 11) is 2.16. The third-order valence-electron chi connectivity index (χ3n) is 3.88. The monoisotopic (exact) mass is 273 g/mol. The van der Waals surface area contributed by atoms with E-state index in [1.54, 1.807) is 6.07 Å². The maximum Gasteiger partial charge on any atom is 0.160 e.